The van der Waals surface area contributed by atoms with Gasteiger partial charge in [0.2, 0.25) is 5.91 Å². The maximum absolute atomic E-state index is 14.1. The summed E-state index contributed by atoms with van der Waals surface area (Å²) in [5.41, 5.74) is 4.75. The highest BCUT2D eigenvalue weighted by atomic mass is 35.5. The van der Waals surface area contributed by atoms with Crippen molar-refractivity contribution in [3.8, 4) is 16.9 Å². The predicted molar refractivity (Wildman–Crippen MR) is 190 cm³/mol. The van der Waals surface area contributed by atoms with Crippen molar-refractivity contribution in [1.29, 1.82) is 0 Å². The van der Waals surface area contributed by atoms with Crippen LogP contribution >= 0.6 is 12.4 Å². The van der Waals surface area contributed by atoms with Crippen molar-refractivity contribution in [3.05, 3.63) is 84.6 Å². The summed E-state index contributed by atoms with van der Waals surface area (Å²) < 4.78 is 6.30. The monoisotopic (exact) mass is 655 g/mol. The van der Waals surface area contributed by atoms with E-state index in [0.29, 0.717) is 38.0 Å². The van der Waals surface area contributed by atoms with Crippen molar-refractivity contribution in [2.45, 2.75) is 57.7 Å². The van der Waals surface area contributed by atoms with E-state index in [1.54, 1.807) is 0 Å². The van der Waals surface area contributed by atoms with Gasteiger partial charge in [-0.3, -0.25) is 9.59 Å². The standard InChI is InChI=1S/C38H45N5O3.ClH/c1-38(2,37(45)41-21-18-39-19-22-41)46-32-9-5-8-31(23-32)42-20-6-7-29(26-42)36(44)43(30-16-17-30)25-27-12-14-28(15-13-27)34-24-40-35-11-4-3-10-33(34)35;/h3-5,8-15,23-24,29-30,39-40H,6-7,16-22,25-26H2,1-2H3;1H/t29-;/m1./s1. The first kappa shape index (κ1) is 32.9. The van der Waals surface area contributed by atoms with Gasteiger partial charge < -0.3 is 29.7 Å². The third-order valence-corrected chi connectivity index (χ3v) is 9.72. The maximum atomic E-state index is 14.1. The number of para-hydroxylation sites is 1. The third-order valence-electron chi connectivity index (χ3n) is 9.72. The van der Waals surface area contributed by atoms with Gasteiger partial charge in [0.15, 0.2) is 5.60 Å². The lowest BCUT2D eigenvalue weighted by molar-refractivity contribution is -0.146. The van der Waals surface area contributed by atoms with E-state index in [9.17, 15) is 9.59 Å². The first-order chi connectivity index (χ1) is 22.4. The Morgan fingerprint density at radius 1 is 0.936 bits per heavy atom. The fourth-order valence-corrected chi connectivity index (χ4v) is 7.05. The first-order valence-corrected chi connectivity index (χ1v) is 16.9. The largest absolute Gasteiger partial charge is 0.478 e. The minimum Gasteiger partial charge on any atom is -0.478 e. The molecule has 1 aliphatic carbocycles. The number of rotatable bonds is 9. The zero-order chi connectivity index (χ0) is 31.7. The highest BCUT2D eigenvalue weighted by Gasteiger charge is 2.38. The van der Waals surface area contributed by atoms with Gasteiger partial charge in [-0.05, 0) is 68.9 Å². The van der Waals surface area contributed by atoms with Crippen LogP contribution in [0.5, 0.6) is 5.75 Å². The molecule has 248 valence electrons. The molecule has 0 radical (unpaired) electrons. The number of nitrogens with zero attached hydrogens (tertiary/aromatic N) is 3. The number of benzene rings is 3. The van der Waals surface area contributed by atoms with Crippen LogP contribution in [0.3, 0.4) is 0 Å². The molecule has 2 aliphatic heterocycles. The Kier molecular flexibility index (Phi) is 9.80. The van der Waals surface area contributed by atoms with Crippen molar-refractivity contribution in [2.75, 3.05) is 44.2 Å². The number of hydrogen-bond donors (Lipinski definition) is 2. The molecule has 1 saturated carbocycles. The van der Waals surface area contributed by atoms with Crippen molar-refractivity contribution in [2.24, 2.45) is 5.92 Å². The second kappa shape index (κ2) is 14.0. The second-order valence-electron chi connectivity index (χ2n) is 13.6. The molecule has 7 rings (SSSR count). The molecule has 0 spiro atoms. The number of anilines is 1. The molecule has 8 nitrogen and oxygen atoms in total. The number of piperidine rings is 1. The van der Waals surface area contributed by atoms with E-state index in [1.807, 2.05) is 43.0 Å². The SMILES string of the molecule is CC(C)(Oc1cccc(N2CCC[C@@H](C(=O)N(Cc3ccc(-c4c[nH]c5ccccc45)cc3)C3CC3)C2)c1)C(=O)N1CCNCC1.Cl. The molecule has 0 unspecified atom stereocenters. The summed E-state index contributed by atoms with van der Waals surface area (Å²) in [5, 5.41) is 4.52. The number of halogens is 1. The molecule has 2 amide bonds. The molecule has 3 heterocycles. The molecule has 1 atom stereocenters. The van der Waals surface area contributed by atoms with Crippen molar-refractivity contribution in [1.82, 2.24) is 20.1 Å². The Morgan fingerprint density at radius 2 is 1.70 bits per heavy atom. The van der Waals surface area contributed by atoms with E-state index in [-0.39, 0.29) is 30.1 Å². The van der Waals surface area contributed by atoms with Crippen LogP contribution < -0.4 is 15.0 Å². The number of fused-ring (bicyclic) bond motifs is 1. The number of amides is 2. The number of ether oxygens (including phenoxy) is 1. The molecular weight excluding hydrogens is 610 g/mol. The van der Waals surface area contributed by atoms with Gasteiger partial charge in [0.25, 0.3) is 5.91 Å². The quantitative estimate of drug-likeness (QED) is 0.223. The zero-order valence-electron chi connectivity index (χ0n) is 27.4. The van der Waals surface area contributed by atoms with Crippen molar-refractivity contribution in [3.63, 3.8) is 0 Å². The topological polar surface area (TPSA) is 80.9 Å². The fourth-order valence-electron chi connectivity index (χ4n) is 7.05. The van der Waals surface area contributed by atoms with Crippen molar-refractivity contribution >= 4 is 40.8 Å². The van der Waals surface area contributed by atoms with Crippen LogP contribution in [0.4, 0.5) is 5.69 Å². The number of piperazine rings is 1. The molecule has 2 saturated heterocycles. The first-order valence-electron chi connectivity index (χ1n) is 16.9. The zero-order valence-corrected chi connectivity index (χ0v) is 28.2. The van der Waals surface area contributed by atoms with Crippen LogP contribution in [-0.2, 0) is 16.1 Å². The molecular formula is C38H46ClN5O3. The van der Waals surface area contributed by atoms with E-state index in [0.717, 1.165) is 56.5 Å². The van der Waals surface area contributed by atoms with Gasteiger partial charge in [0, 0.05) is 86.3 Å². The lowest BCUT2D eigenvalue weighted by Gasteiger charge is -2.37. The molecule has 47 heavy (non-hydrogen) atoms. The summed E-state index contributed by atoms with van der Waals surface area (Å²) in [7, 11) is 0. The summed E-state index contributed by atoms with van der Waals surface area (Å²) >= 11 is 0. The molecule has 3 aromatic carbocycles. The van der Waals surface area contributed by atoms with Crippen LogP contribution in [-0.4, -0.2) is 77.5 Å². The van der Waals surface area contributed by atoms with E-state index in [1.165, 1.54) is 22.1 Å². The van der Waals surface area contributed by atoms with Gasteiger partial charge in [-0.15, -0.1) is 12.4 Å². The van der Waals surface area contributed by atoms with Gasteiger partial charge in [-0.1, -0.05) is 48.5 Å². The summed E-state index contributed by atoms with van der Waals surface area (Å²) in [5.74, 6) is 0.907. The second-order valence-corrected chi connectivity index (χ2v) is 13.6. The summed E-state index contributed by atoms with van der Waals surface area (Å²) in [6, 6.07) is 25.4. The number of H-pyrrole nitrogens is 1. The van der Waals surface area contributed by atoms with Gasteiger partial charge in [-0.25, -0.2) is 0 Å². The Morgan fingerprint density at radius 3 is 2.47 bits per heavy atom. The lowest BCUT2D eigenvalue weighted by Crippen LogP contribution is -2.54. The average Bonchev–Trinajstić information content (AvgIpc) is 3.85. The minimum atomic E-state index is -0.964. The van der Waals surface area contributed by atoms with E-state index in [4.69, 9.17) is 4.74 Å². The molecule has 3 aliphatic rings. The van der Waals surface area contributed by atoms with Crippen LogP contribution in [0.25, 0.3) is 22.0 Å². The molecule has 0 bridgehead atoms. The Labute approximate surface area is 283 Å². The van der Waals surface area contributed by atoms with Crippen LogP contribution in [0, 0.1) is 5.92 Å². The Balaban J connectivity index is 0.00000386. The average molecular weight is 656 g/mol. The van der Waals surface area contributed by atoms with Crippen molar-refractivity contribution < 1.29 is 14.3 Å². The van der Waals surface area contributed by atoms with Gasteiger partial charge in [-0.2, -0.15) is 0 Å². The lowest BCUT2D eigenvalue weighted by atomic mass is 9.95. The predicted octanol–water partition coefficient (Wildman–Crippen LogP) is 6.25. The van der Waals surface area contributed by atoms with Gasteiger partial charge in [0.1, 0.15) is 5.75 Å². The molecule has 1 aromatic heterocycles. The normalized spacial score (nSPS) is 18.5. The molecule has 9 heteroatoms. The van der Waals surface area contributed by atoms with Crippen LogP contribution in [0.2, 0.25) is 0 Å². The minimum absolute atomic E-state index is 0. The molecule has 2 N–H and O–H groups in total. The van der Waals surface area contributed by atoms with Gasteiger partial charge >= 0.3 is 0 Å². The summed E-state index contributed by atoms with van der Waals surface area (Å²) in [6.45, 7) is 8.94. The maximum Gasteiger partial charge on any atom is 0.266 e. The Hall–Kier alpha value is -4.01. The number of carbonyl (C=O) groups excluding carboxylic acids is 2. The Bertz CT molecular complexity index is 1690. The number of carbonyl (C=O) groups is 2. The summed E-state index contributed by atoms with van der Waals surface area (Å²) in [4.78, 5) is 37.0. The fraction of sp³-hybridized carbons (Fsp3) is 0.421. The van der Waals surface area contributed by atoms with Crippen LogP contribution in [0.1, 0.15) is 45.1 Å². The molecule has 3 fully saturated rings. The number of hydrogen-bond acceptors (Lipinski definition) is 5. The number of aromatic nitrogens is 1. The summed E-state index contributed by atoms with van der Waals surface area (Å²) in [6.07, 6.45) is 6.10. The van der Waals surface area contributed by atoms with Gasteiger partial charge in [0.05, 0.1) is 5.92 Å². The van der Waals surface area contributed by atoms with E-state index in [2.05, 4.69) is 74.8 Å². The smallest absolute Gasteiger partial charge is 0.266 e. The third kappa shape index (κ3) is 7.29. The van der Waals surface area contributed by atoms with Crippen LogP contribution in [0.15, 0.2) is 79.0 Å². The number of nitrogens with one attached hydrogen (secondary N) is 2. The molecule has 4 aromatic rings. The highest BCUT2D eigenvalue weighted by Crippen LogP contribution is 2.34. The highest BCUT2D eigenvalue weighted by molar-refractivity contribution is 5.95. The van der Waals surface area contributed by atoms with E-state index >= 15 is 0 Å². The van der Waals surface area contributed by atoms with E-state index < -0.39 is 5.60 Å². The number of aromatic amines is 1.